The molecular weight excluding hydrogens is 255 g/mol. The Morgan fingerprint density at radius 3 is 3.00 bits per heavy atom. The second-order valence-corrected chi connectivity index (χ2v) is 5.88. The summed E-state index contributed by atoms with van der Waals surface area (Å²) in [4.78, 5) is 12.0. The molecule has 1 fully saturated rings. The van der Waals surface area contributed by atoms with Crippen LogP contribution in [0, 0.1) is 17.7 Å². The number of nitrogens with two attached hydrogens (primary N) is 1. The first-order valence-corrected chi connectivity index (χ1v) is 7.40. The molecule has 2 rings (SSSR count). The number of hydrogen-bond donors (Lipinski definition) is 2. The van der Waals surface area contributed by atoms with Crippen molar-refractivity contribution in [3.63, 3.8) is 0 Å². The SMILES string of the molecule is CC1CCCC(CCNC(=O)c2cccc(F)c2N)C1. The summed E-state index contributed by atoms with van der Waals surface area (Å²) in [5, 5.41) is 2.84. The minimum atomic E-state index is -0.543. The van der Waals surface area contributed by atoms with Crippen LogP contribution in [-0.4, -0.2) is 12.5 Å². The minimum Gasteiger partial charge on any atom is -0.396 e. The van der Waals surface area contributed by atoms with Crippen LogP contribution in [0.5, 0.6) is 0 Å². The van der Waals surface area contributed by atoms with Crippen molar-refractivity contribution < 1.29 is 9.18 Å². The third-order valence-corrected chi connectivity index (χ3v) is 4.18. The van der Waals surface area contributed by atoms with Gasteiger partial charge < -0.3 is 11.1 Å². The summed E-state index contributed by atoms with van der Waals surface area (Å²) in [6.07, 6.45) is 6.10. The molecule has 0 aliphatic heterocycles. The van der Waals surface area contributed by atoms with Gasteiger partial charge in [-0.25, -0.2) is 4.39 Å². The Balaban J connectivity index is 1.82. The third-order valence-electron chi connectivity index (χ3n) is 4.18. The average molecular weight is 278 g/mol. The topological polar surface area (TPSA) is 55.1 Å². The van der Waals surface area contributed by atoms with E-state index in [4.69, 9.17) is 5.73 Å². The van der Waals surface area contributed by atoms with Gasteiger partial charge in [0.15, 0.2) is 0 Å². The van der Waals surface area contributed by atoms with Crippen molar-refractivity contribution in [2.45, 2.75) is 39.0 Å². The summed E-state index contributed by atoms with van der Waals surface area (Å²) in [6.45, 7) is 2.92. The lowest BCUT2D eigenvalue weighted by molar-refractivity contribution is 0.0950. The lowest BCUT2D eigenvalue weighted by Gasteiger charge is -2.26. The van der Waals surface area contributed by atoms with Crippen molar-refractivity contribution in [2.24, 2.45) is 11.8 Å². The summed E-state index contributed by atoms with van der Waals surface area (Å²) >= 11 is 0. The van der Waals surface area contributed by atoms with Gasteiger partial charge in [-0.2, -0.15) is 0 Å². The van der Waals surface area contributed by atoms with Crippen LogP contribution in [0.3, 0.4) is 0 Å². The van der Waals surface area contributed by atoms with E-state index >= 15 is 0 Å². The maximum atomic E-state index is 13.3. The zero-order valence-corrected chi connectivity index (χ0v) is 12.0. The van der Waals surface area contributed by atoms with Crippen molar-refractivity contribution in [1.29, 1.82) is 0 Å². The van der Waals surface area contributed by atoms with E-state index in [9.17, 15) is 9.18 Å². The molecule has 0 radical (unpaired) electrons. The molecule has 0 heterocycles. The molecule has 1 aliphatic carbocycles. The van der Waals surface area contributed by atoms with Gasteiger partial charge in [0.1, 0.15) is 5.82 Å². The molecule has 1 aromatic rings. The smallest absolute Gasteiger partial charge is 0.253 e. The number of amides is 1. The van der Waals surface area contributed by atoms with E-state index in [-0.39, 0.29) is 17.2 Å². The molecule has 0 bridgehead atoms. The maximum absolute atomic E-state index is 13.3. The normalized spacial score (nSPS) is 22.5. The molecule has 2 atom stereocenters. The van der Waals surface area contributed by atoms with Crippen LogP contribution in [0.4, 0.5) is 10.1 Å². The second kappa shape index (κ2) is 6.73. The number of nitrogen functional groups attached to an aromatic ring is 1. The Bertz CT molecular complexity index is 476. The molecular formula is C16H23FN2O. The Morgan fingerprint density at radius 1 is 1.45 bits per heavy atom. The molecule has 1 aromatic carbocycles. The van der Waals surface area contributed by atoms with Gasteiger partial charge in [0.05, 0.1) is 11.3 Å². The van der Waals surface area contributed by atoms with Crippen LogP contribution in [0.2, 0.25) is 0 Å². The fourth-order valence-electron chi connectivity index (χ4n) is 3.04. The van der Waals surface area contributed by atoms with Gasteiger partial charge >= 0.3 is 0 Å². The first-order valence-electron chi connectivity index (χ1n) is 7.40. The standard InChI is InChI=1S/C16H23FN2O/c1-11-4-2-5-12(10-11)8-9-19-16(20)13-6-3-7-14(17)15(13)18/h3,6-7,11-12H,2,4-5,8-10,18H2,1H3,(H,19,20). The molecule has 0 saturated heterocycles. The zero-order chi connectivity index (χ0) is 14.5. The average Bonchev–Trinajstić information content (AvgIpc) is 2.42. The lowest BCUT2D eigenvalue weighted by atomic mass is 9.81. The highest BCUT2D eigenvalue weighted by Gasteiger charge is 2.19. The van der Waals surface area contributed by atoms with Gasteiger partial charge in [-0.05, 0) is 36.8 Å². The van der Waals surface area contributed by atoms with Crippen LogP contribution in [-0.2, 0) is 0 Å². The first kappa shape index (κ1) is 14.8. The molecule has 20 heavy (non-hydrogen) atoms. The molecule has 1 aliphatic rings. The number of carbonyl (C=O) groups excluding carboxylic acids is 1. The maximum Gasteiger partial charge on any atom is 0.253 e. The van der Waals surface area contributed by atoms with E-state index in [1.54, 1.807) is 6.07 Å². The van der Waals surface area contributed by atoms with Crippen molar-refractivity contribution in [3.05, 3.63) is 29.6 Å². The van der Waals surface area contributed by atoms with E-state index in [1.807, 2.05) is 0 Å². The van der Waals surface area contributed by atoms with Gasteiger partial charge in [-0.15, -0.1) is 0 Å². The van der Waals surface area contributed by atoms with Gasteiger partial charge in [0, 0.05) is 6.54 Å². The monoisotopic (exact) mass is 278 g/mol. The highest BCUT2D eigenvalue weighted by molar-refractivity contribution is 5.99. The molecule has 1 amide bonds. The van der Waals surface area contributed by atoms with E-state index in [0.717, 1.165) is 12.3 Å². The summed E-state index contributed by atoms with van der Waals surface area (Å²) in [6, 6.07) is 4.31. The highest BCUT2D eigenvalue weighted by atomic mass is 19.1. The van der Waals surface area contributed by atoms with Crippen molar-refractivity contribution in [3.8, 4) is 0 Å². The molecule has 4 heteroatoms. The summed E-state index contributed by atoms with van der Waals surface area (Å²) in [5.41, 5.74) is 5.73. The highest BCUT2D eigenvalue weighted by Crippen LogP contribution is 2.30. The molecule has 1 saturated carbocycles. The van der Waals surface area contributed by atoms with Crippen LogP contribution >= 0.6 is 0 Å². The van der Waals surface area contributed by atoms with E-state index in [0.29, 0.717) is 12.5 Å². The molecule has 2 unspecified atom stereocenters. The molecule has 110 valence electrons. The predicted molar refractivity (Wildman–Crippen MR) is 78.9 cm³/mol. The van der Waals surface area contributed by atoms with Crippen LogP contribution in [0.1, 0.15) is 49.4 Å². The number of para-hydroxylation sites is 1. The molecule has 3 N–H and O–H groups in total. The summed E-state index contributed by atoms with van der Waals surface area (Å²) in [5.74, 6) is 0.664. The van der Waals surface area contributed by atoms with E-state index in [2.05, 4.69) is 12.2 Å². The van der Waals surface area contributed by atoms with E-state index in [1.165, 1.54) is 37.8 Å². The van der Waals surface area contributed by atoms with E-state index < -0.39 is 5.82 Å². The fraction of sp³-hybridized carbons (Fsp3) is 0.562. The number of halogens is 1. The number of carbonyl (C=O) groups is 1. The summed E-state index contributed by atoms with van der Waals surface area (Å²) in [7, 11) is 0. The van der Waals surface area contributed by atoms with Crippen molar-refractivity contribution >= 4 is 11.6 Å². The van der Waals surface area contributed by atoms with Gasteiger partial charge in [-0.3, -0.25) is 4.79 Å². The second-order valence-electron chi connectivity index (χ2n) is 5.88. The quantitative estimate of drug-likeness (QED) is 0.830. The Labute approximate surface area is 119 Å². The first-order chi connectivity index (χ1) is 9.58. The number of hydrogen-bond acceptors (Lipinski definition) is 2. The summed E-state index contributed by atoms with van der Waals surface area (Å²) < 4.78 is 13.3. The molecule has 3 nitrogen and oxygen atoms in total. The Morgan fingerprint density at radius 2 is 2.25 bits per heavy atom. The number of benzene rings is 1. The minimum absolute atomic E-state index is 0.0729. The predicted octanol–water partition coefficient (Wildman–Crippen LogP) is 3.35. The number of nitrogens with one attached hydrogen (secondary N) is 1. The third kappa shape index (κ3) is 3.71. The number of rotatable bonds is 4. The fourth-order valence-corrected chi connectivity index (χ4v) is 3.04. The molecule has 0 spiro atoms. The zero-order valence-electron chi connectivity index (χ0n) is 12.0. The van der Waals surface area contributed by atoms with Gasteiger partial charge in [0.25, 0.3) is 5.91 Å². The van der Waals surface area contributed by atoms with Crippen LogP contribution in [0.15, 0.2) is 18.2 Å². The number of anilines is 1. The van der Waals surface area contributed by atoms with Gasteiger partial charge in [0.2, 0.25) is 0 Å². The Hall–Kier alpha value is -1.58. The van der Waals surface area contributed by atoms with Crippen molar-refractivity contribution in [1.82, 2.24) is 5.32 Å². The molecule has 0 aromatic heterocycles. The lowest BCUT2D eigenvalue weighted by Crippen LogP contribution is -2.28. The van der Waals surface area contributed by atoms with Crippen molar-refractivity contribution in [2.75, 3.05) is 12.3 Å². The van der Waals surface area contributed by atoms with Crippen LogP contribution in [0.25, 0.3) is 0 Å². The largest absolute Gasteiger partial charge is 0.396 e. The van der Waals surface area contributed by atoms with Crippen LogP contribution < -0.4 is 11.1 Å². The van der Waals surface area contributed by atoms with Gasteiger partial charge in [-0.1, -0.05) is 32.3 Å². The Kier molecular flexibility index (Phi) is 4.99.